The first-order chi connectivity index (χ1) is 9.86. The van der Waals surface area contributed by atoms with Crippen molar-refractivity contribution in [1.82, 2.24) is 9.36 Å². The molecule has 21 heavy (non-hydrogen) atoms. The lowest BCUT2D eigenvalue weighted by molar-refractivity contribution is -0.118. The second-order valence-corrected chi connectivity index (χ2v) is 7.30. The van der Waals surface area contributed by atoms with Gasteiger partial charge in [0.2, 0.25) is 11.0 Å². The van der Waals surface area contributed by atoms with Gasteiger partial charge in [0.05, 0.1) is 0 Å². The summed E-state index contributed by atoms with van der Waals surface area (Å²) in [5.41, 5.74) is 5.31. The number of aromatic nitrogens is 2. The number of anilines is 1. The number of hydrogen-bond donors (Lipinski definition) is 2. The van der Waals surface area contributed by atoms with Crippen LogP contribution in [0.1, 0.15) is 45.9 Å². The van der Waals surface area contributed by atoms with Crippen LogP contribution in [0.25, 0.3) is 0 Å². The average molecular weight is 312 g/mol. The van der Waals surface area contributed by atoms with Crippen molar-refractivity contribution < 1.29 is 9.53 Å². The maximum absolute atomic E-state index is 11.3. The Morgan fingerprint density at radius 3 is 2.67 bits per heavy atom. The van der Waals surface area contributed by atoms with Crippen LogP contribution in [0.15, 0.2) is 0 Å². The molecule has 1 unspecified atom stereocenters. The second-order valence-electron chi connectivity index (χ2n) is 6.54. The first-order valence-electron chi connectivity index (χ1n) is 7.33. The van der Waals surface area contributed by atoms with Gasteiger partial charge in [0, 0.05) is 42.6 Å². The first-order valence-corrected chi connectivity index (χ1v) is 8.10. The summed E-state index contributed by atoms with van der Waals surface area (Å²) in [5, 5.41) is 4.12. The van der Waals surface area contributed by atoms with E-state index < -0.39 is 0 Å². The summed E-state index contributed by atoms with van der Waals surface area (Å²) in [4.78, 5) is 15.9. The molecule has 0 radical (unpaired) electrons. The highest BCUT2D eigenvalue weighted by Gasteiger charge is 2.27. The van der Waals surface area contributed by atoms with Crippen molar-refractivity contribution >= 4 is 22.6 Å². The zero-order valence-electron chi connectivity index (χ0n) is 12.9. The van der Waals surface area contributed by atoms with Gasteiger partial charge in [-0.05, 0) is 18.8 Å². The molecule has 1 aliphatic rings. The van der Waals surface area contributed by atoms with Crippen LogP contribution in [0.5, 0.6) is 0 Å². The topological polar surface area (TPSA) is 90.1 Å². The van der Waals surface area contributed by atoms with Gasteiger partial charge in [-0.25, -0.2) is 4.98 Å². The predicted molar refractivity (Wildman–Crippen MR) is 83.4 cm³/mol. The molecule has 0 saturated carbocycles. The average Bonchev–Trinajstić information content (AvgIpc) is 2.87. The standard InChI is InChI=1S/C14H24N4O2S/c1-14(2,3)12-17-13(21-18-12)16-10(8-11(15)19)9-4-6-20-7-5-9/h9-10H,4-8H2,1-3H3,(H2,15,19)(H,16,17,18). The van der Waals surface area contributed by atoms with Gasteiger partial charge in [0.15, 0.2) is 0 Å². The minimum atomic E-state index is -0.292. The van der Waals surface area contributed by atoms with Crippen molar-refractivity contribution in [2.75, 3.05) is 18.5 Å². The molecule has 1 atom stereocenters. The molecule has 2 rings (SSSR count). The second kappa shape index (κ2) is 6.70. The van der Waals surface area contributed by atoms with Crippen LogP contribution in [-0.4, -0.2) is 34.5 Å². The Morgan fingerprint density at radius 2 is 2.14 bits per heavy atom. The molecule has 1 saturated heterocycles. The molecule has 0 bridgehead atoms. The molecule has 0 spiro atoms. The number of carbonyl (C=O) groups excluding carboxylic acids is 1. The molecular weight excluding hydrogens is 288 g/mol. The lowest BCUT2D eigenvalue weighted by Gasteiger charge is -2.30. The normalized spacial score (nSPS) is 18.4. The summed E-state index contributed by atoms with van der Waals surface area (Å²) < 4.78 is 9.78. The Balaban J connectivity index is 2.07. The molecule has 0 aromatic carbocycles. The first kappa shape index (κ1) is 16.2. The van der Waals surface area contributed by atoms with E-state index in [0.29, 0.717) is 12.3 Å². The Bertz CT molecular complexity index is 478. The summed E-state index contributed by atoms with van der Waals surface area (Å²) in [7, 11) is 0. The third-order valence-corrected chi connectivity index (χ3v) is 4.31. The van der Waals surface area contributed by atoms with E-state index in [1.807, 2.05) is 0 Å². The van der Waals surface area contributed by atoms with Crippen LogP contribution in [0.2, 0.25) is 0 Å². The molecular formula is C14H24N4O2S. The number of ether oxygens (including phenoxy) is 1. The van der Waals surface area contributed by atoms with Crippen molar-refractivity contribution in [3.8, 4) is 0 Å². The van der Waals surface area contributed by atoms with E-state index >= 15 is 0 Å². The zero-order valence-corrected chi connectivity index (χ0v) is 13.7. The summed E-state index contributed by atoms with van der Waals surface area (Å²) in [6.07, 6.45) is 2.20. The van der Waals surface area contributed by atoms with Crippen LogP contribution < -0.4 is 11.1 Å². The lowest BCUT2D eigenvalue weighted by Crippen LogP contribution is -2.36. The number of hydrogen-bond acceptors (Lipinski definition) is 6. The molecule has 1 amide bonds. The van der Waals surface area contributed by atoms with E-state index in [9.17, 15) is 4.79 Å². The molecule has 0 aliphatic carbocycles. The van der Waals surface area contributed by atoms with E-state index in [4.69, 9.17) is 10.5 Å². The number of amides is 1. The van der Waals surface area contributed by atoms with Gasteiger partial charge in [0.25, 0.3) is 0 Å². The minimum absolute atomic E-state index is 0.00664. The summed E-state index contributed by atoms with van der Waals surface area (Å²) in [6.45, 7) is 7.73. The summed E-state index contributed by atoms with van der Waals surface area (Å²) in [5.74, 6) is 0.910. The molecule has 118 valence electrons. The van der Waals surface area contributed by atoms with Crippen molar-refractivity contribution in [3.05, 3.63) is 5.82 Å². The SMILES string of the molecule is CC(C)(C)c1nsc(NC(CC(N)=O)C2CCOCC2)n1. The van der Waals surface area contributed by atoms with Gasteiger partial charge in [-0.3, -0.25) is 4.79 Å². The van der Waals surface area contributed by atoms with E-state index in [-0.39, 0.29) is 17.4 Å². The largest absolute Gasteiger partial charge is 0.381 e. The Labute approximate surface area is 129 Å². The highest BCUT2D eigenvalue weighted by Crippen LogP contribution is 2.27. The zero-order chi connectivity index (χ0) is 15.5. The number of nitrogens with zero attached hydrogens (tertiary/aromatic N) is 2. The lowest BCUT2D eigenvalue weighted by atomic mass is 9.89. The smallest absolute Gasteiger partial charge is 0.219 e. The monoisotopic (exact) mass is 312 g/mol. The van der Waals surface area contributed by atoms with Crippen LogP contribution in [0, 0.1) is 5.92 Å². The molecule has 1 aromatic rings. The van der Waals surface area contributed by atoms with Crippen LogP contribution in [0.4, 0.5) is 5.13 Å². The summed E-state index contributed by atoms with van der Waals surface area (Å²) in [6, 6.07) is 0.00664. The molecule has 1 aliphatic heterocycles. The van der Waals surface area contributed by atoms with Gasteiger partial charge in [-0.2, -0.15) is 4.37 Å². The minimum Gasteiger partial charge on any atom is -0.381 e. The maximum Gasteiger partial charge on any atom is 0.219 e. The van der Waals surface area contributed by atoms with Crippen molar-refractivity contribution in [2.45, 2.75) is 51.5 Å². The molecule has 3 N–H and O–H groups in total. The summed E-state index contributed by atoms with van der Waals surface area (Å²) >= 11 is 1.34. The van der Waals surface area contributed by atoms with E-state index in [2.05, 4.69) is 35.4 Å². The van der Waals surface area contributed by atoms with Gasteiger partial charge < -0.3 is 15.8 Å². The fourth-order valence-electron chi connectivity index (χ4n) is 2.42. The third-order valence-electron chi connectivity index (χ3n) is 3.66. The number of carbonyl (C=O) groups is 1. The fraction of sp³-hybridized carbons (Fsp3) is 0.786. The number of primary amides is 1. The fourth-order valence-corrected chi connectivity index (χ4v) is 3.23. The van der Waals surface area contributed by atoms with Crippen LogP contribution in [-0.2, 0) is 14.9 Å². The number of rotatable bonds is 5. The molecule has 1 aromatic heterocycles. The Hall–Kier alpha value is -1.21. The number of nitrogens with two attached hydrogens (primary N) is 1. The number of nitrogens with one attached hydrogen (secondary N) is 1. The van der Waals surface area contributed by atoms with E-state index in [1.54, 1.807) is 0 Å². The van der Waals surface area contributed by atoms with Crippen LogP contribution in [0.3, 0.4) is 0 Å². The molecule has 2 heterocycles. The molecule has 1 fully saturated rings. The predicted octanol–water partition coefficient (Wildman–Crippen LogP) is 1.92. The molecule has 6 nitrogen and oxygen atoms in total. The highest BCUT2D eigenvalue weighted by molar-refractivity contribution is 7.09. The third kappa shape index (κ3) is 4.64. The van der Waals surface area contributed by atoms with Gasteiger partial charge in [-0.15, -0.1) is 0 Å². The van der Waals surface area contributed by atoms with Crippen LogP contribution >= 0.6 is 11.5 Å². The Kier molecular flexibility index (Phi) is 5.16. The quantitative estimate of drug-likeness (QED) is 0.867. The maximum atomic E-state index is 11.3. The van der Waals surface area contributed by atoms with E-state index in [0.717, 1.165) is 37.0 Å². The van der Waals surface area contributed by atoms with Crippen molar-refractivity contribution in [3.63, 3.8) is 0 Å². The highest BCUT2D eigenvalue weighted by atomic mass is 32.1. The van der Waals surface area contributed by atoms with Crippen molar-refractivity contribution in [2.24, 2.45) is 11.7 Å². The van der Waals surface area contributed by atoms with E-state index in [1.165, 1.54) is 11.5 Å². The van der Waals surface area contributed by atoms with Gasteiger partial charge >= 0.3 is 0 Å². The van der Waals surface area contributed by atoms with Crippen molar-refractivity contribution in [1.29, 1.82) is 0 Å². The Morgan fingerprint density at radius 1 is 1.48 bits per heavy atom. The van der Waals surface area contributed by atoms with Gasteiger partial charge in [0.1, 0.15) is 5.82 Å². The van der Waals surface area contributed by atoms with Gasteiger partial charge in [-0.1, -0.05) is 20.8 Å². The molecule has 7 heteroatoms.